The molecule has 0 unspecified atom stereocenters. The van der Waals surface area contributed by atoms with Crippen LogP contribution < -0.4 is 10.5 Å². The lowest BCUT2D eigenvalue weighted by Gasteiger charge is -2.11. The predicted octanol–water partition coefficient (Wildman–Crippen LogP) is 1.12. The van der Waals surface area contributed by atoms with E-state index in [0.29, 0.717) is 0 Å². The number of nitrogens with zero attached hydrogens (tertiary/aromatic N) is 3. The first kappa shape index (κ1) is 13.3. The van der Waals surface area contributed by atoms with Gasteiger partial charge in [-0.1, -0.05) is 0 Å². The van der Waals surface area contributed by atoms with Gasteiger partial charge in [0, 0.05) is 25.0 Å². The smallest absolute Gasteiger partial charge is 0.345 e. The highest BCUT2D eigenvalue weighted by Crippen LogP contribution is 2.17. The zero-order chi connectivity index (χ0) is 14.0. The summed E-state index contributed by atoms with van der Waals surface area (Å²) < 4.78 is 1.31. The van der Waals surface area contributed by atoms with Gasteiger partial charge in [-0.3, -0.25) is 4.79 Å². The zero-order valence-corrected chi connectivity index (χ0v) is 11.3. The minimum atomic E-state index is -0.959. The second-order valence-electron chi connectivity index (χ2n) is 4.18. The van der Waals surface area contributed by atoms with E-state index in [1.54, 1.807) is 17.2 Å². The number of rotatable bonds is 4. The Bertz CT molecular complexity index is 660. The Morgan fingerprint density at radius 2 is 2.21 bits per heavy atom. The van der Waals surface area contributed by atoms with E-state index >= 15 is 0 Å². The highest BCUT2D eigenvalue weighted by Gasteiger charge is 2.08. The molecule has 2 aromatic rings. The van der Waals surface area contributed by atoms with E-state index < -0.39 is 5.97 Å². The summed E-state index contributed by atoms with van der Waals surface area (Å²) in [5.41, 5.74) is 0.523. The second kappa shape index (κ2) is 5.23. The SMILES string of the molecule is CN(C)c1cnn(Cc2ccc(C(=O)O)s2)c(=O)c1. The molecule has 0 atom stereocenters. The molecule has 0 aliphatic heterocycles. The Hall–Kier alpha value is -2.15. The molecule has 0 fully saturated rings. The predicted molar refractivity (Wildman–Crippen MR) is 73.2 cm³/mol. The first-order chi connectivity index (χ1) is 8.97. The molecule has 0 aliphatic carbocycles. The molecule has 19 heavy (non-hydrogen) atoms. The lowest BCUT2D eigenvalue weighted by Crippen LogP contribution is -2.24. The number of carboxylic acid groups (broad SMARTS) is 1. The van der Waals surface area contributed by atoms with Gasteiger partial charge >= 0.3 is 5.97 Å². The van der Waals surface area contributed by atoms with Gasteiger partial charge in [0.05, 0.1) is 18.4 Å². The summed E-state index contributed by atoms with van der Waals surface area (Å²) in [7, 11) is 3.67. The molecule has 2 aromatic heterocycles. The minimum Gasteiger partial charge on any atom is -0.477 e. The molecular weight excluding hydrogens is 266 g/mol. The Balaban J connectivity index is 2.23. The largest absolute Gasteiger partial charge is 0.477 e. The van der Waals surface area contributed by atoms with Crippen LogP contribution in [0.4, 0.5) is 5.69 Å². The molecular formula is C12H13N3O3S. The number of aromatic carboxylic acids is 1. The fourth-order valence-corrected chi connectivity index (χ4v) is 2.34. The number of carboxylic acids is 1. The van der Waals surface area contributed by atoms with Gasteiger partial charge in [0.25, 0.3) is 5.56 Å². The Morgan fingerprint density at radius 1 is 1.47 bits per heavy atom. The van der Waals surface area contributed by atoms with Crippen LogP contribution in [0.25, 0.3) is 0 Å². The van der Waals surface area contributed by atoms with Crippen LogP contribution in [0.3, 0.4) is 0 Å². The lowest BCUT2D eigenvalue weighted by atomic mass is 10.4. The summed E-state index contributed by atoms with van der Waals surface area (Å²) in [6, 6.07) is 4.72. The molecule has 2 rings (SSSR count). The van der Waals surface area contributed by atoms with Crippen molar-refractivity contribution in [3.05, 3.63) is 44.5 Å². The van der Waals surface area contributed by atoms with Crippen LogP contribution in [0.1, 0.15) is 14.5 Å². The van der Waals surface area contributed by atoms with Crippen LogP contribution in [-0.4, -0.2) is 35.0 Å². The minimum absolute atomic E-state index is 0.212. The average molecular weight is 279 g/mol. The third-order valence-corrected chi connectivity index (χ3v) is 3.61. The molecule has 0 aromatic carbocycles. The molecule has 7 heteroatoms. The summed E-state index contributed by atoms with van der Waals surface area (Å²) >= 11 is 1.15. The molecule has 0 radical (unpaired) electrons. The molecule has 0 amide bonds. The lowest BCUT2D eigenvalue weighted by molar-refractivity contribution is 0.0702. The van der Waals surface area contributed by atoms with E-state index in [0.717, 1.165) is 21.9 Å². The molecule has 1 N–H and O–H groups in total. The van der Waals surface area contributed by atoms with Crippen molar-refractivity contribution >= 4 is 23.0 Å². The van der Waals surface area contributed by atoms with Crippen molar-refractivity contribution in [2.75, 3.05) is 19.0 Å². The molecule has 0 spiro atoms. The highest BCUT2D eigenvalue weighted by molar-refractivity contribution is 7.13. The van der Waals surface area contributed by atoms with Crippen LogP contribution in [0, 0.1) is 0 Å². The first-order valence-electron chi connectivity index (χ1n) is 5.54. The first-order valence-corrected chi connectivity index (χ1v) is 6.35. The summed E-state index contributed by atoms with van der Waals surface area (Å²) in [5, 5.41) is 12.9. The van der Waals surface area contributed by atoms with Gasteiger partial charge in [0.15, 0.2) is 0 Å². The van der Waals surface area contributed by atoms with Gasteiger partial charge in [-0.15, -0.1) is 11.3 Å². The fourth-order valence-electron chi connectivity index (χ4n) is 1.51. The molecule has 2 heterocycles. The Morgan fingerprint density at radius 3 is 2.74 bits per heavy atom. The molecule has 100 valence electrons. The van der Waals surface area contributed by atoms with E-state index in [4.69, 9.17) is 5.11 Å². The van der Waals surface area contributed by atoms with E-state index in [-0.39, 0.29) is 17.0 Å². The number of thiophene rings is 1. The van der Waals surface area contributed by atoms with Crippen LogP contribution in [0.2, 0.25) is 0 Å². The number of hydrogen-bond donors (Lipinski definition) is 1. The van der Waals surface area contributed by atoms with E-state index in [9.17, 15) is 9.59 Å². The van der Waals surface area contributed by atoms with Crippen molar-refractivity contribution in [1.82, 2.24) is 9.78 Å². The van der Waals surface area contributed by atoms with Crippen molar-refractivity contribution in [3.8, 4) is 0 Å². The third-order valence-electron chi connectivity index (χ3n) is 2.55. The van der Waals surface area contributed by atoms with Crippen molar-refractivity contribution < 1.29 is 9.90 Å². The summed E-state index contributed by atoms with van der Waals surface area (Å²) in [6.45, 7) is 0.282. The van der Waals surface area contributed by atoms with Crippen molar-refractivity contribution in [1.29, 1.82) is 0 Å². The van der Waals surface area contributed by atoms with Crippen LogP contribution in [-0.2, 0) is 6.54 Å². The fraction of sp³-hybridized carbons (Fsp3) is 0.250. The van der Waals surface area contributed by atoms with Gasteiger partial charge in [0.2, 0.25) is 0 Å². The highest BCUT2D eigenvalue weighted by atomic mass is 32.1. The van der Waals surface area contributed by atoms with E-state index in [1.807, 2.05) is 14.1 Å². The zero-order valence-electron chi connectivity index (χ0n) is 10.5. The van der Waals surface area contributed by atoms with Gasteiger partial charge < -0.3 is 10.0 Å². The van der Waals surface area contributed by atoms with Crippen LogP contribution in [0.15, 0.2) is 29.2 Å². The van der Waals surface area contributed by atoms with E-state index in [1.165, 1.54) is 16.8 Å². The van der Waals surface area contributed by atoms with Crippen LogP contribution >= 0.6 is 11.3 Å². The quantitative estimate of drug-likeness (QED) is 0.907. The second-order valence-corrected chi connectivity index (χ2v) is 5.34. The van der Waals surface area contributed by atoms with Crippen molar-refractivity contribution in [2.45, 2.75) is 6.54 Å². The number of hydrogen-bond acceptors (Lipinski definition) is 5. The summed E-state index contributed by atoms with van der Waals surface area (Å²) in [6.07, 6.45) is 1.60. The maximum Gasteiger partial charge on any atom is 0.345 e. The number of anilines is 1. The Kier molecular flexibility index (Phi) is 3.66. The van der Waals surface area contributed by atoms with E-state index in [2.05, 4.69) is 5.10 Å². The van der Waals surface area contributed by atoms with Gasteiger partial charge in [-0.05, 0) is 12.1 Å². The molecule has 0 saturated heterocycles. The number of carbonyl (C=O) groups is 1. The molecule has 0 aliphatic rings. The summed E-state index contributed by atoms with van der Waals surface area (Å²) in [4.78, 5) is 25.5. The maximum atomic E-state index is 11.9. The summed E-state index contributed by atoms with van der Waals surface area (Å²) in [5.74, 6) is -0.959. The average Bonchev–Trinajstić information content (AvgIpc) is 2.80. The molecule has 0 saturated carbocycles. The van der Waals surface area contributed by atoms with Crippen molar-refractivity contribution in [2.24, 2.45) is 0 Å². The van der Waals surface area contributed by atoms with Crippen molar-refractivity contribution in [3.63, 3.8) is 0 Å². The molecule has 0 bridgehead atoms. The number of aromatic nitrogens is 2. The normalized spacial score (nSPS) is 10.4. The van der Waals surface area contributed by atoms with Crippen LogP contribution in [0.5, 0.6) is 0 Å². The van der Waals surface area contributed by atoms with Gasteiger partial charge in [0.1, 0.15) is 4.88 Å². The third kappa shape index (κ3) is 3.00. The standard InChI is InChI=1S/C12H13N3O3S/c1-14(2)8-5-11(16)15(13-6-8)7-9-3-4-10(19-9)12(17)18/h3-6H,7H2,1-2H3,(H,17,18). The molecule has 6 nitrogen and oxygen atoms in total. The van der Waals surface area contributed by atoms with Gasteiger partial charge in [-0.2, -0.15) is 5.10 Å². The topological polar surface area (TPSA) is 75.4 Å². The Labute approximate surface area is 113 Å². The monoisotopic (exact) mass is 279 g/mol. The maximum absolute atomic E-state index is 11.9. The van der Waals surface area contributed by atoms with Gasteiger partial charge in [-0.25, -0.2) is 9.48 Å².